The van der Waals surface area contributed by atoms with Crippen LogP contribution in [0.2, 0.25) is 0 Å². The number of hydrogen-bond donors (Lipinski definition) is 2. The predicted octanol–water partition coefficient (Wildman–Crippen LogP) is 1.83. The fourth-order valence-electron chi connectivity index (χ4n) is 2.44. The van der Waals surface area contributed by atoms with Crippen molar-refractivity contribution in [3.05, 3.63) is 46.2 Å². The molecule has 0 saturated carbocycles. The highest BCUT2D eigenvalue weighted by atomic mass is 16.1. The van der Waals surface area contributed by atoms with Crippen molar-refractivity contribution in [2.24, 2.45) is 5.73 Å². The quantitative estimate of drug-likeness (QED) is 0.767. The highest BCUT2D eigenvalue weighted by molar-refractivity contribution is 5.81. The Labute approximate surface area is 121 Å². The number of rotatable bonds is 3. The second-order valence-electron chi connectivity index (χ2n) is 5.23. The van der Waals surface area contributed by atoms with Crippen molar-refractivity contribution in [1.82, 2.24) is 19.7 Å². The Morgan fingerprint density at radius 2 is 2.10 bits per heavy atom. The van der Waals surface area contributed by atoms with Gasteiger partial charge < -0.3 is 10.3 Å². The molecule has 21 heavy (non-hydrogen) atoms. The molecule has 0 aliphatic rings. The van der Waals surface area contributed by atoms with Crippen molar-refractivity contribution in [2.45, 2.75) is 26.4 Å². The van der Waals surface area contributed by atoms with Gasteiger partial charge in [-0.25, -0.2) is 10.1 Å². The van der Waals surface area contributed by atoms with Crippen LogP contribution in [0.1, 0.15) is 25.5 Å². The van der Waals surface area contributed by atoms with Crippen LogP contribution in [0.5, 0.6) is 0 Å². The van der Waals surface area contributed by atoms with E-state index in [-0.39, 0.29) is 11.6 Å². The maximum atomic E-state index is 11.2. The summed E-state index contributed by atoms with van der Waals surface area (Å²) in [6.07, 6.45) is 0. The first-order chi connectivity index (χ1) is 10.1. The summed E-state index contributed by atoms with van der Waals surface area (Å²) in [6.45, 7) is 4.66. The average Bonchev–Trinajstić information content (AvgIpc) is 2.86. The molecular formula is C15H17N5O. The van der Waals surface area contributed by atoms with E-state index in [0.29, 0.717) is 12.2 Å². The summed E-state index contributed by atoms with van der Waals surface area (Å²) in [5.41, 5.74) is 9.06. The van der Waals surface area contributed by atoms with E-state index in [1.165, 1.54) is 6.07 Å². The lowest BCUT2D eigenvalue weighted by Gasteiger charge is -2.12. The Bertz CT molecular complexity index is 826. The van der Waals surface area contributed by atoms with E-state index in [2.05, 4.69) is 33.6 Å². The van der Waals surface area contributed by atoms with Crippen LogP contribution in [-0.2, 0) is 6.54 Å². The number of aromatic nitrogens is 4. The van der Waals surface area contributed by atoms with Crippen LogP contribution in [0.3, 0.4) is 0 Å². The van der Waals surface area contributed by atoms with E-state index in [4.69, 9.17) is 5.73 Å². The molecule has 0 fully saturated rings. The van der Waals surface area contributed by atoms with E-state index < -0.39 is 0 Å². The predicted molar refractivity (Wildman–Crippen MR) is 81.9 cm³/mol. The molecule has 3 rings (SSSR count). The Hall–Kier alpha value is -2.47. The van der Waals surface area contributed by atoms with Crippen LogP contribution >= 0.6 is 0 Å². The van der Waals surface area contributed by atoms with Crippen molar-refractivity contribution < 1.29 is 0 Å². The zero-order valence-electron chi connectivity index (χ0n) is 12.0. The number of H-pyrrole nitrogens is 1. The highest BCUT2D eigenvalue weighted by Gasteiger charge is 2.16. The van der Waals surface area contributed by atoms with Crippen molar-refractivity contribution >= 4 is 11.0 Å². The van der Waals surface area contributed by atoms with E-state index in [9.17, 15) is 4.79 Å². The molecule has 0 spiro atoms. The number of aromatic amines is 1. The maximum Gasteiger partial charge on any atom is 0.264 e. The monoisotopic (exact) mass is 283 g/mol. The molecule has 0 radical (unpaired) electrons. The van der Waals surface area contributed by atoms with Gasteiger partial charge in [-0.3, -0.25) is 4.79 Å². The van der Waals surface area contributed by atoms with Gasteiger partial charge in [0, 0.05) is 18.7 Å². The Balaban J connectivity index is 2.28. The third-order valence-corrected chi connectivity index (χ3v) is 3.41. The van der Waals surface area contributed by atoms with Gasteiger partial charge in [0.1, 0.15) is 5.69 Å². The normalized spacial score (nSPS) is 11.4. The molecule has 0 atom stereocenters. The van der Waals surface area contributed by atoms with Gasteiger partial charge in [0.15, 0.2) is 5.82 Å². The zero-order valence-corrected chi connectivity index (χ0v) is 12.0. The van der Waals surface area contributed by atoms with Gasteiger partial charge in [0.2, 0.25) is 0 Å². The van der Waals surface area contributed by atoms with E-state index in [1.54, 1.807) is 6.07 Å². The van der Waals surface area contributed by atoms with Crippen molar-refractivity contribution in [3.63, 3.8) is 0 Å². The minimum absolute atomic E-state index is 0.224. The summed E-state index contributed by atoms with van der Waals surface area (Å²) in [6, 6.07) is 9.39. The van der Waals surface area contributed by atoms with Crippen molar-refractivity contribution in [3.8, 4) is 11.5 Å². The molecule has 3 N–H and O–H groups in total. The van der Waals surface area contributed by atoms with Crippen LogP contribution in [0.4, 0.5) is 0 Å². The van der Waals surface area contributed by atoms with Gasteiger partial charge in [0.25, 0.3) is 5.56 Å². The van der Waals surface area contributed by atoms with E-state index in [1.807, 2.05) is 18.2 Å². The number of imidazole rings is 1. The third kappa shape index (κ3) is 2.34. The minimum atomic E-state index is -0.226. The highest BCUT2D eigenvalue weighted by Crippen LogP contribution is 2.27. The molecule has 0 aliphatic carbocycles. The molecule has 0 unspecified atom stereocenters. The fourth-order valence-corrected chi connectivity index (χ4v) is 2.44. The first-order valence-corrected chi connectivity index (χ1v) is 6.87. The molecule has 1 aromatic carbocycles. The summed E-state index contributed by atoms with van der Waals surface area (Å²) in [5, 5.41) is 6.54. The SMILES string of the molecule is CC(C)n1c(-c2ccc(=O)[nH]n2)nc2cc(CN)ccc21. The summed E-state index contributed by atoms with van der Waals surface area (Å²) < 4.78 is 2.11. The average molecular weight is 283 g/mol. The molecule has 6 nitrogen and oxygen atoms in total. The molecule has 108 valence electrons. The molecule has 0 bridgehead atoms. The van der Waals surface area contributed by atoms with Gasteiger partial charge in [0.05, 0.1) is 11.0 Å². The number of nitrogens with zero attached hydrogens (tertiary/aromatic N) is 3. The lowest BCUT2D eigenvalue weighted by Crippen LogP contribution is -2.09. The molecule has 0 saturated heterocycles. The molecule has 0 aliphatic heterocycles. The van der Waals surface area contributed by atoms with Gasteiger partial charge in [-0.15, -0.1) is 0 Å². The van der Waals surface area contributed by atoms with E-state index >= 15 is 0 Å². The lowest BCUT2D eigenvalue weighted by molar-refractivity contribution is 0.622. The van der Waals surface area contributed by atoms with Crippen LogP contribution in [0.15, 0.2) is 35.1 Å². The summed E-state index contributed by atoms with van der Waals surface area (Å²) in [4.78, 5) is 15.8. The van der Waals surface area contributed by atoms with Crippen LogP contribution in [0, 0.1) is 0 Å². The largest absolute Gasteiger partial charge is 0.326 e. The topological polar surface area (TPSA) is 89.6 Å². The molecule has 0 amide bonds. The summed E-state index contributed by atoms with van der Waals surface area (Å²) >= 11 is 0. The Morgan fingerprint density at radius 1 is 1.29 bits per heavy atom. The number of nitrogens with one attached hydrogen (secondary N) is 1. The summed E-state index contributed by atoms with van der Waals surface area (Å²) in [5.74, 6) is 0.741. The molecular weight excluding hydrogens is 266 g/mol. The molecule has 3 aromatic rings. The van der Waals surface area contributed by atoms with Gasteiger partial charge >= 0.3 is 0 Å². The number of benzene rings is 1. The second-order valence-corrected chi connectivity index (χ2v) is 5.23. The van der Waals surface area contributed by atoms with Gasteiger partial charge in [-0.2, -0.15) is 5.10 Å². The number of fused-ring (bicyclic) bond motifs is 1. The lowest BCUT2D eigenvalue weighted by atomic mass is 10.2. The van der Waals surface area contributed by atoms with Crippen molar-refractivity contribution in [1.29, 1.82) is 0 Å². The van der Waals surface area contributed by atoms with Crippen LogP contribution in [-0.4, -0.2) is 19.7 Å². The van der Waals surface area contributed by atoms with Gasteiger partial charge in [-0.1, -0.05) is 6.07 Å². The summed E-state index contributed by atoms with van der Waals surface area (Å²) in [7, 11) is 0. The number of hydrogen-bond acceptors (Lipinski definition) is 4. The van der Waals surface area contributed by atoms with E-state index in [0.717, 1.165) is 22.4 Å². The first-order valence-electron chi connectivity index (χ1n) is 6.87. The first kappa shape index (κ1) is 13.5. The number of nitrogens with two attached hydrogens (primary N) is 1. The molecule has 2 aromatic heterocycles. The van der Waals surface area contributed by atoms with Crippen molar-refractivity contribution in [2.75, 3.05) is 0 Å². The van der Waals surface area contributed by atoms with Gasteiger partial charge in [-0.05, 0) is 37.6 Å². The molecule has 2 heterocycles. The third-order valence-electron chi connectivity index (χ3n) is 3.41. The minimum Gasteiger partial charge on any atom is -0.326 e. The maximum absolute atomic E-state index is 11.2. The fraction of sp³-hybridized carbons (Fsp3) is 0.267. The zero-order chi connectivity index (χ0) is 15.0. The Morgan fingerprint density at radius 3 is 2.71 bits per heavy atom. The smallest absolute Gasteiger partial charge is 0.264 e. The molecule has 6 heteroatoms. The standard InChI is InChI=1S/C15H17N5O/c1-9(2)20-13-5-3-10(8-16)7-12(13)17-15(20)11-4-6-14(21)19-18-11/h3-7,9H,8,16H2,1-2H3,(H,19,21). The Kier molecular flexibility index (Phi) is 3.31. The second kappa shape index (κ2) is 5.14. The van der Waals surface area contributed by atoms with Crippen LogP contribution in [0.25, 0.3) is 22.6 Å². The van der Waals surface area contributed by atoms with Crippen LogP contribution < -0.4 is 11.3 Å².